The van der Waals surface area contributed by atoms with Crippen LogP contribution in [-0.4, -0.2) is 26.9 Å². The minimum Gasteiger partial charge on any atom is -0.350 e. The van der Waals surface area contributed by atoms with Gasteiger partial charge in [0, 0.05) is 38.5 Å². The molecule has 0 bridgehead atoms. The third-order valence-corrected chi connectivity index (χ3v) is 6.10. The number of nitrogens with zero attached hydrogens (tertiary/aromatic N) is 3. The molecule has 1 amide bonds. The van der Waals surface area contributed by atoms with E-state index in [0.29, 0.717) is 24.5 Å². The molecule has 1 aliphatic heterocycles. The molecule has 6 heteroatoms. The largest absolute Gasteiger partial charge is 0.350 e. The number of aryl methyl sites for hydroxylation is 1. The second-order valence-corrected chi connectivity index (χ2v) is 9.15. The second-order valence-electron chi connectivity index (χ2n) is 9.15. The first-order chi connectivity index (χ1) is 15.9. The first-order valence-corrected chi connectivity index (χ1v) is 11.6. The number of fused-ring (bicyclic) bond motifs is 1. The van der Waals surface area contributed by atoms with Crippen LogP contribution in [0, 0.1) is 6.92 Å². The summed E-state index contributed by atoms with van der Waals surface area (Å²) in [5.74, 6) is 0.550. The van der Waals surface area contributed by atoms with E-state index in [2.05, 4.69) is 22.3 Å². The van der Waals surface area contributed by atoms with Gasteiger partial charge in [0.05, 0.1) is 11.3 Å². The van der Waals surface area contributed by atoms with Crippen molar-refractivity contribution in [1.29, 1.82) is 0 Å². The Morgan fingerprint density at radius 3 is 2.48 bits per heavy atom. The Balaban J connectivity index is 1.52. The fraction of sp³-hybridized carbons (Fsp3) is 0.370. The molecule has 0 aliphatic carbocycles. The van der Waals surface area contributed by atoms with Crippen molar-refractivity contribution in [2.75, 3.05) is 6.54 Å². The van der Waals surface area contributed by atoms with Gasteiger partial charge in [0.15, 0.2) is 0 Å². The highest BCUT2D eigenvalue weighted by Crippen LogP contribution is 2.20. The van der Waals surface area contributed by atoms with Crippen molar-refractivity contribution in [2.24, 2.45) is 0 Å². The molecule has 0 radical (unpaired) electrons. The van der Waals surface area contributed by atoms with Gasteiger partial charge in [-0.3, -0.25) is 19.1 Å². The molecule has 1 N–H and O–H groups in total. The molecule has 0 atom stereocenters. The smallest absolute Gasteiger partial charge is 0.258 e. The van der Waals surface area contributed by atoms with E-state index in [4.69, 9.17) is 4.98 Å². The molecular weight excluding hydrogens is 412 g/mol. The van der Waals surface area contributed by atoms with E-state index in [1.54, 1.807) is 4.57 Å². The van der Waals surface area contributed by atoms with Crippen LogP contribution in [0.4, 0.5) is 0 Å². The third-order valence-electron chi connectivity index (χ3n) is 6.10. The lowest BCUT2D eigenvalue weighted by atomic mass is 10.0. The Morgan fingerprint density at radius 1 is 1.06 bits per heavy atom. The Kier molecular flexibility index (Phi) is 7.04. The summed E-state index contributed by atoms with van der Waals surface area (Å²) in [6.45, 7) is 8.70. The number of carbonyl (C=O) groups excluding carboxylic acids is 1. The number of hydrogen-bond donors (Lipinski definition) is 1. The molecule has 1 aromatic heterocycles. The van der Waals surface area contributed by atoms with Gasteiger partial charge in [0.25, 0.3) is 5.56 Å². The van der Waals surface area contributed by atoms with Crippen LogP contribution >= 0.6 is 0 Å². The van der Waals surface area contributed by atoms with E-state index in [9.17, 15) is 9.59 Å². The highest BCUT2D eigenvalue weighted by Gasteiger charge is 2.25. The molecule has 4 rings (SSSR count). The lowest BCUT2D eigenvalue weighted by molar-refractivity contribution is -0.121. The Bertz CT molecular complexity index is 1170. The zero-order valence-electron chi connectivity index (χ0n) is 19.7. The molecule has 2 aromatic carbocycles. The zero-order valence-corrected chi connectivity index (χ0v) is 19.7. The molecule has 0 saturated carbocycles. The number of aromatic nitrogens is 2. The summed E-state index contributed by atoms with van der Waals surface area (Å²) in [6.07, 6.45) is 0.748. The average Bonchev–Trinajstić information content (AvgIpc) is 2.81. The summed E-state index contributed by atoms with van der Waals surface area (Å²) in [7, 11) is 0. The number of rotatable bonds is 7. The number of carbonyl (C=O) groups is 1. The van der Waals surface area contributed by atoms with Crippen molar-refractivity contribution >= 4 is 5.91 Å². The van der Waals surface area contributed by atoms with Crippen molar-refractivity contribution in [2.45, 2.75) is 59.3 Å². The number of amides is 1. The van der Waals surface area contributed by atoms with Gasteiger partial charge in [-0.1, -0.05) is 74.0 Å². The molecule has 0 spiro atoms. The molecular formula is C27H32N4O2. The van der Waals surface area contributed by atoms with Crippen LogP contribution in [0.15, 0.2) is 59.4 Å². The summed E-state index contributed by atoms with van der Waals surface area (Å²) < 4.78 is 1.57. The summed E-state index contributed by atoms with van der Waals surface area (Å²) in [6, 6.07) is 18.3. The minimum absolute atomic E-state index is 0.0167. The first kappa shape index (κ1) is 22.9. The van der Waals surface area contributed by atoms with Gasteiger partial charge in [0.2, 0.25) is 5.91 Å². The SMILES string of the molecule is Cc1ccc(CNC(=O)Cn2c(C(C)C)nc3c(c2=O)CN(Cc2ccccc2)CC3)cc1. The predicted octanol–water partition coefficient (Wildman–Crippen LogP) is 3.55. The van der Waals surface area contributed by atoms with Crippen LogP contribution in [0.2, 0.25) is 0 Å². The second kappa shape index (κ2) is 10.1. The van der Waals surface area contributed by atoms with Gasteiger partial charge in [0.1, 0.15) is 12.4 Å². The van der Waals surface area contributed by atoms with Crippen LogP contribution in [0.25, 0.3) is 0 Å². The predicted molar refractivity (Wildman–Crippen MR) is 130 cm³/mol. The Morgan fingerprint density at radius 2 is 1.79 bits per heavy atom. The average molecular weight is 445 g/mol. The molecule has 172 valence electrons. The summed E-state index contributed by atoms with van der Waals surface area (Å²) in [4.78, 5) is 33.4. The number of nitrogens with one attached hydrogen (secondary N) is 1. The highest BCUT2D eigenvalue weighted by molar-refractivity contribution is 5.75. The zero-order chi connectivity index (χ0) is 23.4. The maximum Gasteiger partial charge on any atom is 0.258 e. The molecule has 6 nitrogen and oxygen atoms in total. The number of benzene rings is 2. The topological polar surface area (TPSA) is 67.2 Å². The number of hydrogen-bond acceptors (Lipinski definition) is 4. The van der Waals surface area contributed by atoms with Gasteiger partial charge in [-0.15, -0.1) is 0 Å². The third kappa shape index (κ3) is 5.57. The lowest BCUT2D eigenvalue weighted by Gasteiger charge is -2.29. The van der Waals surface area contributed by atoms with E-state index < -0.39 is 0 Å². The molecule has 33 heavy (non-hydrogen) atoms. The standard InChI is InChI=1S/C27H32N4O2/c1-19(2)26-29-24-13-14-30(16-22-7-5-4-6-8-22)17-23(24)27(33)31(26)18-25(32)28-15-21-11-9-20(3)10-12-21/h4-12,19H,13-18H2,1-3H3,(H,28,32). The fourth-order valence-corrected chi connectivity index (χ4v) is 4.27. The first-order valence-electron chi connectivity index (χ1n) is 11.6. The monoisotopic (exact) mass is 444 g/mol. The van der Waals surface area contributed by atoms with Crippen LogP contribution in [0.1, 0.15) is 53.5 Å². The van der Waals surface area contributed by atoms with Crippen molar-refractivity contribution in [3.05, 3.63) is 98.7 Å². The fourth-order valence-electron chi connectivity index (χ4n) is 4.27. The molecule has 2 heterocycles. The molecule has 0 fully saturated rings. The lowest BCUT2D eigenvalue weighted by Crippen LogP contribution is -2.41. The quantitative estimate of drug-likeness (QED) is 0.605. The van der Waals surface area contributed by atoms with Gasteiger partial charge in [-0.2, -0.15) is 0 Å². The Labute approximate surface area is 195 Å². The summed E-state index contributed by atoms with van der Waals surface area (Å²) in [5, 5.41) is 2.94. The van der Waals surface area contributed by atoms with Gasteiger partial charge >= 0.3 is 0 Å². The van der Waals surface area contributed by atoms with Crippen molar-refractivity contribution in [3.63, 3.8) is 0 Å². The van der Waals surface area contributed by atoms with E-state index in [-0.39, 0.29) is 23.9 Å². The Hall–Kier alpha value is -3.25. The van der Waals surface area contributed by atoms with Crippen LogP contribution in [0.5, 0.6) is 0 Å². The van der Waals surface area contributed by atoms with E-state index in [1.807, 2.05) is 63.2 Å². The van der Waals surface area contributed by atoms with Crippen LogP contribution in [0.3, 0.4) is 0 Å². The summed E-state index contributed by atoms with van der Waals surface area (Å²) in [5.41, 5.74) is 4.94. The molecule has 3 aromatic rings. The van der Waals surface area contributed by atoms with Gasteiger partial charge in [-0.05, 0) is 18.1 Å². The minimum atomic E-state index is -0.182. The van der Waals surface area contributed by atoms with E-state index in [1.165, 1.54) is 11.1 Å². The molecule has 1 aliphatic rings. The maximum absolute atomic E-state index is 13.5. The van der Waals surface area contributed by atoms with Crippen molar-refractivity contribution < 1.29 is 4.79 Å². The molecule has 0 saturated heterocycles. The molecule has 0 unspecified atom stereocenters. The van der Waals surface area contributed by atoms with Crippen LogP contribution < -0.4 is 10.9 Å². The summed E-state index contributed by atoms with van der Waals surface area (Å²) >= 11 is 0. The van der Waals surface area contributed by atoms with Crippen molar-refractivity contribution in [3.8, 4) is 0 Å². The van der Waals surface area contributed by atoms with Crippen molar-refractivity contribution in [1.82, 2.24) is 19.8 Å². The van der Waals surface area contributed by atoms with Crippen LogP contribution in [-0.2, 0) is 37.4 Å². The van der Waals surface area contributed by atoms with E-state index in [0.717, 1.165) is 30.8 Å². The maximum atomic E-state index is 13.5. The van der Waals surface area contributed by atoms with E-state index >= 15 is 0 Å². The highest BCUT2D eigenvalue weighted by atomic mass is 16.2. The van der Waals surface area contributed by atoms with Gasteiger partial charge in [-0.25, -0.2) is 4.98 Å². The van der Waals surface area contributed by atoms with Gasteiger partial charge < -0.3 is 5.32 Å². The normalized spacial score (nSPS) is 13.7.